The lowest BCUT2D eigenvalue weighted by Gasteiger charge is -2.07. The van der Waals surface area contributed by atoms with Crippen molar-refractivity contribution in [2.75, 3.05) is 5.73 Å². The molecule has 0 unspecified atom stereocenters. The number of hydrogen-bond donors (Lipinski definition) is 3. The van der Waals surface area contributed by atoms with Crippen LogP contribution in [0.4, 0.5) is 5.69 Å². The van der Waals surface area contributed by atoms with Crippen LogP contribution in [-0.4, -0.2) is 11.0 Å². The number of nitrogens with two attached hydrogens (primary N) is 1. The SMILES string of the molecule is Nc1ccc(C(=O)NCc2cccc(Cl)c2)cc1O. The van der Waals surface area contributed by atoms with Gasteiger partial charge in [-0.05, 0) is 35.9 Å². The van der Waals surface area contributed by atoms with Gasteiger partial charge >= 0.3 is 0 Å². The Balaban J connectivity index is 2.03. The summed E-state index contributed by atoms with van der Waals surface area (Å²) in [5.41, 5.74) is 6.97. The van der Waals surface area contributed by atoms with Crippen LogP contribution in [0.2, 0.25) is 5.02 Å². The van der Waals surface area contributed by atoms with Gasteiger partial charge in [-0.1, -0.05) is 23.7 Å². The quantitative estimate of drug-likeness (QED) is 0.596. The molecular weight excluding hydrogens is 264 g/mol. The number of carbonyl (C=O) groups excluding carboxylic acids is 1. The second-order valence-corrected chi connectivity index (χ2v) is 4.52. The van der Waals surface area contributed by atoms with E-state index >= 15 is 0 Å². The normalized spacial score (nSPS) is 10.2. The molecule has 0 fully saturated rings. The number of halogens is 1. The fourth-order valence-electron chi connectivity index (χ4n) is 1.62. The maximum absolute atomic E-state index is 11.9. The number of nitrogen functional groups attached to an aromatic ring is 1. The Kier molecular flexibility index (Phi) is 3.92. The minimum Gasteiger partial charge on any atom is -0.506 e. The van der Waals surface area contributed by atoms with E-state index in [2.05, 4.69) is 5.32 Å². The summed E-state index contributed by atoms with van der Waals surface area (Å²) in [5, 5.41) is 12.8. The third kappa shape index (κ3) is 3.39. The molecule has 1 amide bonds. The molecule has 4 N–H and O–H groups in total. The van der Waals surface area contributed by atoms with Crippen molar-refractivity contribution in [3.8, 4) is 5.75 Å². The molecule has 19 heavy (non-hydrogen) atoms. The fraction of sp³-hybridized carbons (Fsp3) is 0.0714. The van der Waals surface area contributed by atoms with Gasteiger partial charge in [0, 0.05) is 17.1 Å². The van der Waals surface area contributed by atoms with Gasteiger partial charge in [-0.3, -0.25) is 4.79 Å². The summed E-state index contributed by atoms with van der Waals surface area (Å²) in [4.78, 5) is 11.9. The van der Waals surface area contributed by atoms with Crippen molar-refractivity contribution < 1.29 is 9.90 Å². The minimum atomic E-state index is -0.282. The van der Waals surface area contributed by atoms with Crippen molar-refractivity contribution in [1.29, 1.82) is 0 Å². The van der Waals surface area contributed by atoms with Crippen LogP contribution in [0.3, 0.4) is 0 Å². The predicted octanol–water partition coefficient (Wildman–Crippen LogP) is 2.56. The Morgan fingerprint density at radius 2 is 2.05 bits per heavy atom. The molecule has 0 spiro atoms. The summed E-state index contributed by atoms with van der Waals surface area (Å²) in [7, 11) is 0. The molecule has 0 aromatic heterocycles. The fourth-order valence-corrected chi connectivity index (χ4v) is 1.83. The molecule has 0 saturated carbocycles. The van der Waals surface area contributed by atoms with Crippen LogP contribution < -0.4 is 11.1 Å². The summed E-state index contributed by atoms with van der Waals surface area (Å²) in [6, 6.07) is 11.6. The lowest BCUT2D eigenvalue weighted by molar-refractivity contribution is 0.0950. The van der Waals surface area contributed by atoms with Crippen molar-refractivity contribution in [3.05, 3.63) is 58.6 Å². The Hall–Kier alpha value is -2.20. The second kappa shape index (κ2) is 5.63. The maximum atomic E-state index is 11.9. The molecule has 98 valence electrons. The number of phenolic OH excluding ortho intramolecular Hbond substituents is 1. The van der Waals surface area contributed by atoms with Gasteiger partial charge in [0.15, 0.2) is 0 Å². The Morgan fingerprint density at radius 1 is 1.26 bits per heavy atom. The van der Waals surface area contributed by atoms with Crippen LogP contribution in [0.15, 0.2) is 42.5 Å². The second-order valence-electron chi connectivity index (χ2n) is 4.09. The van der Waals surface area contributed by atoms with Crippen LogP contribution in [0.1, 0.15) is 15.9 Å². The van der Waals surface area contributed by atoms with Crippen molar-refractivity contribution >= 4 is 23.2 Å². The van der Waals surface area contributed by atoms with Gasteiger partial charge in [0.25, 0.3) is 5.91 Å². The first-order chi connectivity index (χ1) is 9.06. The molecule has 4 nitrogen and oxygen atoms in total. The summed E-state index contributed by atoms with van der Waals surface area (Å²) in [6.45, 7) is 0.366. The molecule has 0 atom stereocenters. The van der Waals surface area contributed by atoms with E-state index in [9.17, 15) is 9.90 Å². The molecule has 0 aliphatic heterocycles. The topological polar surface area (TPSA) is 75.4 Å². The summed E-state index contributed by atoms with van der Waals surface area (Å²) < 4.78 is 0. The zero-order valence-corrected chi connectivity index (χ0v) is 10.8. The third-order valence-corrected chi connectivity index (χ3v) is 2.87. The number of aromatic hydroxyl groups is 1. The zero-order chi connectivity index (χ0) is 13.8. The Bertz CT molecular complexity index is 614. The zero-order valence-electron chi connectivity index (χ0n) is 10.1. The van der Waals surface area contributed by atoms with Crippen molar-refractivity contribution in [2.24, 2.45) is 0 Å². The summed E-state index contributed by atoms with van der Waals surface area (Å²) in [5.74, 6) is -0.384. The summed E-state index contributed by atoms with van der Waals surface area (Å²) >= 11 is 5.86. The molecule has 0 bridgehead atoms. The molecule has 0 heterocycles. The molecular formula is C14H13ClN2O2. The van der Waals surface area contributed by atoms with E-state index in [1.54, 1.807) is 18.2 Å². The van der Waals surface area contributed by atoms with Crippen molar-refractivity contribution in [1.82, 2.24) is 5.32 Å². The first-order valence-electron chi connectivity index (χ1n) is 5.67. The molecule has 0 aliphatic carbocycles. The van der Waals surface area contributed by atoms with Crippen LogP contribution in [0.25, 0.3) is 0 Å². The van der Waals surface area contributed by atoms with E-state index in [0.29, 0.717) is 17.1 Å². The van der Waals surface area contributed by atoms with Gasteiger partial charge < -0.3 is 16.2 Å². The number of amides is 1. The van der Waals surface area contributed by atoms with Crippen LogP contribution >= 0.6 is 11.6 Å². The molecule has 0 saturated heterocycles. The molecule has 0 radical (unpaired) electrons. The highest BCUT2D eigenvalue weighted by Crippen LogP contribution is 2.20. The highest BCUT2D eigenvalue weighted by molar-refractivity contribution is 6.30. The lowest BCUT2D eigenvalue weighted by atomic mass is 10.1. The van der Waals surface area contributed by atoms with E-state index in [1.165, 1.54) is 12.1 Å². The number of rotatable bonds is 3. The largest absolute Gasteiger partial charge is 0.506 e. The third-order valence-electron chi connectivity index (χ3n) is 2.63. The lowest BCUT2D eigenvalue weighted by Crippen LogP contribution is -2.22. The Morgan fingerprint density at radius 3 is 2.74 bits per heavy atom. The predicted molar refractivity (Wildman–Crippen MR) is 75.1 cm³/mol. The average Bonchev–Trinajstić information content (AvgIpc) is 2.39. The minimum absolute atomic E-state index is 0.101. The van der Waals surface area contributed by atoms with Gasteiger partial charge in [0.2, 0.25) is 0 Å². The highest BCUT2D eigenvalue weighted by Gasteiger charge is 2.07. The van der Waals surface area contributed by atoms with Crippen LogP contribution in [0, 0.1) is 0 Å². The standard InChI is InChI=1S/C14H13ClN2O2/c15-11-3-1-2-9(6-11)8-17-14(19)10-4-5-12(16)13(18)7-10/h1-7,18H,8,16H2,(H,17,19). The molecule has 2 aromatic carbocycles. The van der Waals surface area contributed by atoms with Crippen LogP contribution in [-0.2, 0) is 6.54 Å². The smallest absolute Gasteiger partial charge is 0.251 e. The first-order valence-corrected chi connectivity index (χ1v) is 6.05. The van der Waals surface area contributed by atoms with Gasteiger partial charge in [0.05, 0.1) is 5.69 Å². The van der Waals surface area contributed by atoms with E-state index in [-0.39, 0.29) is 17.3 Å². The van der Waals surface area contributed by atoms with Crippen molar-refractivity contribution in [3.63, 3.8) is 0 Å². The number of nitrogens with one attached hydrogen (secondary N) is 1. The van der Waals surface area contributed by atoms with E-state index < -0.39 is 0 Å². The van der Waals surface area contributed by atoms with Gasteiger partial charge in [-0.2, -0.15) is 0 Å². The van der Waals surface area contributed by atoms with E-state index in [0.717, 1.165) is 5.56 Å². The monoisotopic (exact) mass is 276 g/mol. The first kappa shape index (κ1) is 13.2. The van der Waals surface area contributed by atoms with E-state index in [4.69, 9.17) is 17.3 Å². The molecule has 0 aliphatic rings. The van der Waals surface area contributed by atoms with Gasteiger partial charge in [-0.15, -0.1) is 0 Å². The number of phenols is 1. The number of benzene rings is 2. The summed E-state index contributed by atoms with van der Waals surface area (Å²) in [6.07, 6.45) is 0. The number of hydrogen-bond acceptors (Lipinski definition) is 3. The number of carbonyl (C=O) groups is 1. The molecule has 5 heteroatoms. The highest BCUT2D eigenvalue weighted by atomic mass is 35.5. The number of anilines is 1. The molecule has 2 aromatic rings. The van der Waals surface area contributed by atoms with Gasteiger partial charge in [0.1, 0.15) is 5.75 Å². The van der Waals surface area contributed by atoms with Gasteiger partial charge in [-0.25, -0.2) is 0 Å². The van der Waals surface area contributed by atoms with Crippen LogP contribution in [0.5, 0.6) is 5.75 Å². The molecule has 2 rings (SSSR count). The average molecular weight is 277 g/mol. The van der Waals surface area contributed by atoms with E-state index in [1.807, 2.05) is 12.1 Å². The Labute approximate surface area is 115 Å². The maximum Gasteiger partial charge on any atom is 0.251 e. The van der Waals surface area contributed by atoms with Crippen molar-refractivity contribution in [2.45, 2.75) is 6.54 Å².